The number of piperazine rings is 1. The number of alkyl halides is 3. The third-order valence-corrected chi connectivity index (χ3v) is 8.84. The van der Waals surface area contributed by atoms with Gasteiger partial charge in [-0.2, -0.15) is 13.2 Å². The third-order valence-electron chi connectivity index (χ3n) is 8.84. The van der Waals surface area contributed by atoms with Gasteiger partial charge in [0.25, 0.3) is 0 Å². The number of hydrogen-bond acceptors (Lipinski definition) is 3. The van der Waals surface area contributed by atoms with Crippen molar-refractivity contribution in [1.82, 2.24) is 0 Å². The number of allylic oxidation sites excluding steroid dienone is 1. The van der Waals surface area contributed by atoms with E-state index in [-0.39, 0.29) is 29.3 Å². The number of fused-ring (bicyclic) bond motifs is 2. The van der Waals surface area contributed by atoms with Gasteiger partial charge in [0.05, 0.1) is 38.3 Å². The highest BCUT2D eigenvalue weighted by molar-refractivity contribution is 5.75. The van der Waals surface area contributed by atoms with Crippen LogP contribution in [0.15, 0.2) is 36.4 Å². The standard InChI is InChI=1S/C26H33F3N2O2/c1-17-5-4-8-25(2)15-23-20(14-22(17)25)21(24(32)33-23)16-30-9-11-31(12-10-30)19-7-3-6-18(13-19)26(27,28)29/h3,6-7,13,20-23H,1,4-5,8-12,14-16H2,2H3/p+1/t20-,21-,22+,23-,25+/m1/s1. The minimum absolute atomic E-state index is 0.0282. The van der Waals surface area contributed by atoms with E-state index in [1.807, 2.05) is 4.90 Å². The Morgan fingerprint density at radius 3 is 2.76 bits per heavy atom. The molecule has 2 saturated heterocycles. The maximum atomic E-state index is 13.1. The van der Waals surface area contributed by atoms with Crippen molar-refractivity contribution in [3.8, 4) is 0 Å². The molecule has 1 aromatic rings. The number of nitrogens with one attached hydrogen (secondary N) is 1. The first kappa shape index (κ1) is 22.8. The lowest BCUT2D eigenvalue weighted by Gasteiger charge is -2.50. The Bertz CT molecular complexity index is 924. The molecule has 5 rings (SSSR count). The molecule has 0 bridgehead atoms. The summed E-state index contributed by atoms with van der Waals surface area (Å²) in [7, 11) is 0. The van der Waals surface area contributed by atoms with Gasteiger partial charge in [-0.05, 0) is 61.6 Å². The summed E-state index contributed by atoms with van der Waals surface area (Å²) in [5.41, 5.74) is 1.56. The summed E-state index contributed by atoms with van der Waals surface area (Å²) in [6.45, 7) is 10.5. The average Bonchev–Trinajstić information content (AvgIpc) is 3.06. The van der Waals surface area contributed by atoms with E-state index in [1.54, 1.807) is 6.07 Å². The molecule has 4 aliphatic rings. The molecule has 2 saturated carbocycles. The van der Waals surface area contributed by atoms with E-state index in [2.05, 4.69) is 13.5 Å². The molecule has 0 radical (unpaired) electrons. The molecular formula is C26H34F3N2O2+. The van der Waals surface area contributed by atoms with Crippen LogP contribution in [-0.2, 0) is 15.7 Å². The molecular weight excluding hydrogens is 429 g/mol. The number of anilines is 1. The first-order valence-electron chi connectivity index (χ1n) is 12.3. The number of rotatable bonds is 3. The van der Waals surface area contributed by atoms with Crippen LogP contribution in [0.1, 0.15) is 44.6 Å². The third kappa shape index (κ3) is 4.29. The Morgan fingerprint density at radius 1 is 1.27 bits per heavy atom. The summed E-state index contributed by atoms with van der Waals surface area (Å²) in [6, 6.07) is 5.57. The van der Waals surface area contributed by atoms with E-state index < -0.39 is 11.7 Å². The zero-order valence-corrected chi connectivity index (χ0v) is 19.3. The topological polar surface area (TPSA) is 34.0 Å². The monoisotopic (exact) mass is 463 g/mol. The Morgan fingerprint density at radius 2 is 2.03 bits per heavy atom. The molecule has 5 atom stereocenters. The molecule has 7 heteroatoms. The van der Waals surface area contributed by atoms with Crippen molar-refractivity contribution >= 4 is 11.7 Å². The summed E-state index contributed by atoms with van der Waals surface area (Å²) < 4.78 is 45.1. The zero-order valence-electron chi connectivity index (χ0n) is 19.3. The van der Waals surface area contributed by atoms with E-state index in [9.17, 15) is 18.0 Å². The highest BCUT2D eigenvalue weighted by Gasteiger charge is 2.56. The largest absolute Gasteiger partial charge is 0.462 e. The Balaban J connectivity index is 1.21. The van der Waals surface area contributed by atoms with Crippen molar-refractivity contribution in [2.45, 2.75) is 51.3 Å². The van der Waals surface area contributed by atoms with Gasteiger partial charge in [0.2, 0.25) is 0 Å². The number of ether oxygens (including phenoxy) is 1. The number of nitrogens with zero attached hydrogens (tertiary/aromatic N) is 1. The zero-order chi connectivity index (χ0) is 23.4. The number of carbonyl (C=O) groups excluding carboxylic acids is 1. The Labute approximate surface area is 193 Å². The Kier molecular flexibility index (Phi) is 5.74. The van der Waals surface area contributed by atoms with Crippen molar-refractivity contribution in [3.63, 3.8) is 0 Å². The number of halogens is 3. The summed E-state index contributed by atoms with van der Waals surface area (Å²) in [5.74, 6) is 0.617. The van der Waals surface area contributed by atoms with Crippen LogP contribution in [0, 0.1) is 23.2 Å². The van der Waals surface area contributed by atoms with Crippen molar-refractivity contribution in [2.24, 2.45) is 23.2 Å². The number of quaternary nitrogens is 1. The highest BCUT2D eigenvalue weighted by Crippen LogP contribution is 2.56. The lowest BCUT2D eigenvalue weighted by atomic mass is 9.55. The fourth-order valence-corrected chi connectivity index (χ4v) is 6.96. The van der Waals surface area contributed by atoms with Crippen LogP contribution in [-0.4, -0.2) is 44.8 Å². The van der Waals surface area contributed by atoms with Gasteiger partial charge in [-0.15, -0.1) is 0 Å². The number of benzene rings is 1. The SMILES string of the molecule is C=C1CCC[C@@]2(C)C[C@H]3OC(=O)[C@H](C[NH+]4CCN(c5cccc(C(F)(F)F)c5)CC4)[C@H]3C[C@@H]12. The quantitative estimate of drug-likeness (QED) is 0.548. The first-order chi connectivity index (χ1) is 15.6. The van der Waals surface area contributed by atoms with Crippen LogP contribution in [0.5, 0.6) is 0 Å². The van der Waals surface area contributed by atoms with E-state index in [0.29, 0.717) is 24.7 Å². The molecule has 0 aromatic heterocycles. The molecule has 33 heavy (non-hydrogen) atoms. The van der Waals surface area contributed by atoms with E-state index in [4.69, 9.17) is 4.74 Å². The van der Waals surface area contributed by atoms with E-state index in [1.165, 1.54) is 35.4 Å². The van der Waals surface area contributed by atoms with Crippen molar-refractivity contribution in [1.29, 1.82) is 0 Å². The molecule has 1 N–H and O–H groups in total. The summed E-state index contributed by atoms with van der Waals surface area (Å²) in [4.78, 5) is 16.2. The fraction of sp³-hybridized carbons (Fsp3) is 0.654. The Hall–Kier alpha value is -2.02. The van der Waals surface area contributed by atoms with Crippen molar-refractivity contribution < 1.29 is 27.6 Å². The van der Waals surface area contributed by atoms with E-state index in [0.717, 1.165) is 45.0 Å². The van der Waals surface area contributed by atoms with E-state index >= 15 is 0 Å². The second kappa shape index (κ2) is 8.33. The summed E-state index contributed by atoms with van der Waals surface area (Å²) in [6.07, 6.45) is 1.11. The molecule has 2 aliphatic carbocycles. The van der Waals surface area contributed by atoms with Gasteiger partial charge in [-0.25, -0.2) is 0 Å². The van der Waals surface area contributed by atoms with Gasteiger partial charge in [0.1, 0.15) is 12.0 Å². The van der Waals surface area contributed by atoms with Crippen LogP contribution in [0.3, 0.4) is 0 Å². The number of hydrogen-bond donors (Lipinski definition) is 1. The second-order valence-electron chi connectivity index (χ2n) is 10.9. The smallest absolute Gasteiger partial charge is 0.416 e. The predicted molar refractivity (Wildman–Crippen MR) is 120 cm³/mol. The van der Waals surface area contributed by atoms with Gasteiger partial charge in [0, 0.05) is 11.6 Å². The molecule has 2 heterocycles. The lowest BCUT2D eigenvalue weighted by molar-refractivity contribution is -0.903. The average molecular weight is 464 g/mol. The normalized spacial score (nSPS) is 35.2. The maximum Gasteiger partial charge on any atom is 0.416 e. The highest BCUT2D eigenvalue weighted by atomic mass is 19.4. The van der Waals surface area contributed by atoms with Crippen LogP contribution < -0.4 is 9.80 Å². The molecule has 0 amide bonds. The minimum Gasteiger partial charge on any atom is -0.462 e. The van der Waals surface area contributed by atoms with Gasteiger partial charge < -0.3 is 14.5 Å². The van der Waals surface area contributed by atoms with Gasteiger partial charge >= 0.3 is 12.1 Å². The molecule has 2 aliphatic heterocycles. The van der Waals surface area contributed by atoms with Crippen molar-refractivity contribution in [3.05, 3.63) is 42.0 Å². The molecule has 0 spiro atoms. The maximum absolute atomic E-state index is 13.1. The molecule has 4 nitrogen and oxygen atoms in total. The van der Waals surface area contributed by atoms with Crippen LogP contribution >= 0.6 is 0 Å². The van der Waals surface area contributed by atoms with Gasteiger partial charge in [-0.3, -0.25) is 4.79 Å². The number of esters is 1. The molecule has 180 valence electrons. The minimum atomic E-state index is -4.33. The molecule has 0 unspecified atom stereocenters. The van der Waals surface area contributed by atoms with Crippen LogP contribution in [0.2, 0.25) is 0 Å². The number of carbonyl (C=O) groups is 1. The van der Waals surface area contributed by atoms with Gasteiger partial charge in [-0.1, -0.05) is 25.1 Å². The van der Waals surface area contributed by atoms with Crippen molar-refractivity contribution in [2.75, 3.05) is 37.6 Å². The summed E-state index contributed by atoms with van der Waals surface area (Å²) in [5, 5.41) is 0. The first-order valence-corrected chi connectivity index (χ1v) is 12.3. The second-order valence-corrected chi connectivity index (χ2v) is 10.9. The fourth-order valence-electron chi connectivity index (χ4n) is 6.96. The van der Waals surface area contributed by atoms with Gasteiger partial charge in [0.15, 0.2) is 0 Å². The summed E-state index contributed by atoms with van der Waals surface area (Å²) >= 11 is 0. The van der Waals surface area contributed by atoms with Crippen LogP contribution in [0.4, 0.5) is 18.9 Å². The molecule has 1 aromatic carbocycles. The predicted octanol–water partition coefficient (Wildman–Crippen LogP) is 3.72. The molecule has 4 fully saturated rings. The van der Waals surface area contributed by atoms with Crippen LogP contribution in [0.25, 0.3) is 0 Å². The lowest BCUT2D eigenvalue weighted by Crippen LogP contribution is -3.15.